The van der Waals surface area contributed by atoms with E-state index in [1.165, 1.54) is 16.8 Å². The summed E-state index contributed by atoms with van der Waals surface area (Å²) < 4.78 is 14.6. The molecule has 29 heavy (non-hydrogen) atoms. The van der Waals surface area contributed by atoms with Crippen molar-refractivity contribution in [2.45, 2.75) is 12.5 Å². The normalized spacial score (nSPS) is 10.8. The Hall–Kier alpha value is -3.87. The van der Waals surface area contributed by atoms with E-state index in [9.17, 15) is 9.18 Å². The fraction of sp³-hybridized carbons (Fsp3) is 0.0909. The number of aromatic nitrogens is 4. The molecular formula is C22H18FN5O. The van der Waals surface area contributed by atoms with Crippen LogP contribution in [0.2, 0.25) is 0 Å². The molecule has 3 aromatic carbocycles. The fourth-order valence-corrected chi connectivity index (χ4v) is 3.15. The van der Waals surface area contributed by atoms with Crippen molar-refractivity contribution in [1.82, 2.24) is 25.5 Å². The van der Waals surface area contributed by atoms with Gasteiger partial charge in [-0.3, -0.25) is 4.79 Å². The molecule has 4 rings (SSSR count). The predicted molar refractivity (Wildman–Crippen MR) is 106 cm³/mol. The standard InChI is InChI=1S/C22H18FN5O/c23-18-11-13-19(14-12-18)28-20(25-26-27-28)15-24-22(29)21(16-7-3-1-4-8-16)17-9-5-2-6-10-17/h1-14,21H,15H2,(H,24,29). The van der Waals surface area contributed by atoms with Gasteiger partial charge in [-0.2, -0.15) is 4.68 Å². The Bertz CT molecular complexity index is 1040. The number of carbonyl (C=O) groups is 1. The van der Waals surface area contributed by atoms with Gasteiger partial charge in [0.05, 0.1) is 18.2 Å². The van der Waals surface area contributed by atoms with Crippen molar-refractivity contribution in [1.29, 1.82) is 0 Å². The van der Waals surface area contributed by atoms with Crippen molar-refractivity contribution in [3.8, 4) is 5.69 Å². The van der Waals surface area contributed by atoms with Crippen LogP contribution in [0.4, 0.5) is 4.39 Å². The minimum absolute atomic E-state index is 0.138. The lowest BCUT2D eigenvalue weighted by molar-refractivity contribution is -0.121. The van der Waals surface area contributed by atoms with Gasteiger partial charge in [-0.05, 0) is 45.8 Å². The molecular weight excluding hydrogens is 369 g/mol. The minimum Gasteiger partial charge on any atom is -0.348 e. The maximum atomic E-state index is 13.2. The third-order valence-corrected chi connectivity index (χ3v) is 4.55. The molecule has 6 nitrogen and oxygen atoms in total. The van der Waals surface area contributed by atoms with Crippen LogP contribution in [0.1, 0.15) is 22.9 Å². The highest BCUT2D eigenvalue weighted by atomic mass is 19.1. The third-order valence-electron chi connectivity index (χ3n) is 4.55. The van der Waals surface area contributed by atoms with Gasteiger partial charge in [0, 0.05) is 0 Å². The van der Waals surface area contributed by atoms with Crippen LogP contribution in [0.15, 0.2) is 84.9 Å². The first-order valence-corrected chi connectivity index (χ1v) is 9.13. The van der Waals surface area contributed by atoms with E-state index in [0.29, 0.717) is 11.5 Å². The third kappa shape index (κ3) is 4.19. The number of nitrogens with one attached hydrogen (secondary N) is 1. The number of halogens is 1. The zero-order valence-corrected chi connectivity index (χ0v) is 15.4. The van der Waals surface area contributed by atoms with E-state index in [2.05, 4.69) is 20.8 Å². The van der Waals surface area contributed by atoms with Gasteiger partial charge in [0.25, 0.3) is 0 Å². The Labute approximate surface area is 167 Å². The Balaban J connectivity index is 1.55. The van der Waals surface area contributed by atoms with Crippen molar-refractivity contribution in [2.24, 2.45) is 0 Å². The molecule has 0 saturated heterocycles. The topological polar surface area (TPSA) is 72.7 Å². The summed E-state index contributed by atoms with van der Waals surface area (Å²) in [6.45, 7) is 0.138. The van der Waals surface area contributed by atoms with Crippen molar-refractivity contribution in [3.63, 3.8) is 0 Å². The molecule has 0 aliphatic carbocycles. The second-order valence-corrected chi connectivity index (χ2v) is 6.46. The molecule has 0 saturated carbocycles. The molecule has 144 valence electrons. The van der Waals surface area contributed by atoms with Gasteiger partial charge in [0.1, 0.15) is 5.82 Å². The molecule has 1 N–H and O–H groups in total. The largest absolute Gasteiger partial charge is 0.348 e. The molecule has 1 aromatic heterocycles. The van der Waals surface area contributed by atoms with Crippen LogP contribution in [0.5, 0.6) is 0 Å². The van der Waals surface area contributed by atoms with Crippen molar-refractivity contribution < 1.29 is 9.18 Å². The van der Waals surface area contributed by atoms with Crippen LogP contribution >= 0.6 is 0 Å². The van der Waals surface area contributed by atoms with E-state index in [4.69, 9.17) is 0 Å². The number of benzene rings is 3. The van der Waals surface area contributed by atoms with E-state index in [-0.39, 0.29) is 18.3 Å². The summed E-state index contributed by atoms with van der Waals surface area (Å²) in [5, 5.41) is 14.5. The van der Waals surface area contributed by atoms with Gasteiger partial charge in [-0.1, -0.05) is 60.7 Å². The number of rotatable bonds is 6. The Morgan fingerprint density at radius 1 is 0.897 bits per heavy atom. The number of carbonyl (C=O) groups excluding carboxylic acids is 1. The van der Waals surface area contributed by atoms with Crippen molar-refractivity contribution in [3.05, 3.63) is 108 Å². The highest BCUT2D eigenvalue weighted by molar-refractivity contribution is 5.87. The van der Waals surface area contributed by atoms with Gasteiger partial charge in [0.15, 0.2) is 5.82 Å². The van der Waals surface area contributed by atoms with Crippen LogP contribution in [0.25, 0.3) is 5.69 Å². The van der Waals surface area contributed by atoms with Crippen LogP contribution in [0, 0.1) is 5.82 Å². The molecule has 0 radical (unpaired) electrons. The van der Waals surface area contributed by atoms with Gasteiger partial charge in [0.2, 0.25) is 5.91 Å². The smallest absolute Gasteiger partial charge is 0.232 e. The number of hydrogen-bond donors (Lipinski definition) is 1. The second kappa shape index (κ2) is 8.43. The molecule has 1 heterocycles. The highest BCUT2D eigenvalue weighted by Crippen LogP contribution is 2.24. The Kier molecular flexibility index (Phi) is 5.38. The molecule has 0 aliphatic heterocycles. The average Bonchev–Trinajstić information content (AvgIpc) is 3.23. The molecule has 1 amide bonds. The lowest BCUT2D eigenvalue weighted by Gasteiger charge is -2.17. The first kappa shape index (κ1) is 18.5. The SMILES string of the molecule is O=C(NCc1nnnn1-c1ccc(F)cc1)C(c1ccccc1)c1ccccc1. The number of hydrogen-bond acceptors (Lipinski definition) is 4. The number of amides is 1. The molecule has 0 fully saturated rings. The zero-order chi connectivity index (χ0) is 20.1. The molecule has 0 aliphatic rings. The lowest BCUT2D eigenvalue weighted by atomic mass is 9.90. The minimum atomic E-state index is -0.451. The van der Waals surface area contributed by atoms with Gasteiger partial charge in [-0.15, -0.1) is 5.10 Å². The Morgan fingerprint density at radius 2 is 1.48 bits per heavy atom. The fourth-order valence-electron chi connectivity index (χ4n) is 3.15. The van der Waals surface area contributed by atoms with Crippen LogP contribution < -0.4 is 5.32 Å². The summed E-state index contributed by atoms with van der Waals surface area (Å²) in [6.07, 6.45) is 0. The molecule has 4 aromatic rings. The van der Waals surface area contributed by atoms with E-state index in [0.717, 1.165) is 11.1 Å². The number of tetrazole rings is 1. The molecule has 0 atom stereocenters. The molecule has 0 unspecified atom stereocenters. The van der Waals surface area contributed by atoms with E-state index >= 15 is 0 Å². The summed E-state index contributed by atoms with van der Waals surface area (Å²) in [6, 6.07) is 25.0. The Morgan fingerprint density at radius 3 is 2.07 bits per heavy atom. The average molecular weight is 387 g/mol. The second-order valence-electron chi connectivity index (χ2n) is 6.46. The van der Waals surface area contributed by atoms with E-state index < -0.39 is 5.92 Å². The molecule has 7 heteroatoms. The monoisotopic (exact) mass is 387 g/mol. The zero-order valence-electron chi connectivity index (χ0n) is 15.4. The molecule has 0 spiro atoms. The lowest BCUT2D eigenvalue weighted by Crippen LogP contribution is -2.30. The summed E-state index contributed by atoms with van der Waals surface area (Å²) >= 11 is 0. The summed E-state index contributed by atoms with van der Waals surface area (Å²) in [4.78, 5) is 13.1. The van der Waals surface area contributed by atoms with Gasteiger partial charge < -0.3 is 5.32 Å². The van der Waals surface area contributed by atoms with Crippen LogP contribution in [-0.4, -0.2) is 26.1 Å². The van der Waals surface area contributed by atoms with Gasteiger partial charge >= 0.3 is 0 Å². The quantitative estimate of drug-likeness (QED) is 0.551. The number of nitrogens with zero attached hydrogens (tertiary/aromatic N) is 4. The maximum Gasteiger partial charge on any atom is 0.232 e. The van der Waals surface area contributed by atoms with Crippen molar-refractivity contribution >= 4 is 5.91 Å². The maximum absolute atomic E-state index is 13.2. The predicted octanol–water partition coefficient (Wildman–Crippen LogP) is 3.25. The summed E-state index contributed by atoms with van der Waals surface area (Å²) in [5.74, 6) is -0.501. The van der Waals surface area contributed by atoms with Crippen LogP contribution in [0.3, 0.4) is 0 Å². The van der Waals surface area contributed by atoms with Crippen LogP contribution in [-0.2, 0) is 11.3 Å². The van der Waals surface area contributed by atoms with E-state index in [1.807, 2.05) is 60.7 Å². The summed E-state index contributed by atoms with van der Waals surface area (Å²) in [5.41, 5.74) is 2.41. The van der Waals surface area contributed by atoms with Crippen molar-refractivity contribution in [2.75, 3.05) is 0 Å². The highest BCUT2D eigenvalue weighted by Gasteiger charge is 2.23. The first-order chi connectivity index (χ1) is 14.2. The molecule has 0 bridgehead atoms. The van der Waals surface area contributed by atoms with E-state index in [1.54, 1.807) is 12.1 Å². The summed E-state index contributed by atoms with van der Waals surface area (Å²) in [7, 11) is 0. The van der Waals surface area contributed by atoms with Gasteiger partial charge in [-0.25, -0.2) is 4.39 Å². The first-order valence-electron chi connectivity index (χ1n) is 9.13.